The largest absolute Gasteiger partial charge is 0.338 e. The zero-order valence-corrected chi connectivity index (χ0v) is 17.7. The van der Waals surface area contributed by atoms with Crippen LogP contribution in [0.1, 0.15) is 12.8 Å². The highest BCUT2D eigenvalue weighted by Gasteiger charge is 2.62. The predicted octanol–water partition coefficient (Wildman–Crippen LogP) is 1.60. The first-order valence-corrected chi connectivity index (χ1v) is 11.7. The van der Waals surface area contributed by atoms with Crippen LogP contribution >= 0.6 is 0 Å². The first kappa shape index (κ1) is 19.2. The van der Waals surface area contributed by atoms with Crippen LogP contribution in [0.4, 0.5) is 5.95 Å². The Balaban J connectivity index is 0.985. The highest BCUT2D eigenvalue weighted by atomic mass is 16.2. The van der Waals surface area contributed by atoms with Gasteiger partial charge in [0.25, 0.3) is 0 Å². The molecule has 31 heavy (non-hydrogen) atoms. The van der Waals surface area contributed by atoms with Gasteiger partial charge in [-0.15, -0.1) is 0 Å². The Morgan fingerprint density at radius 2 is 1.29 bits per heavy atom. The van der Waals surface area contributed by atoms with Gasteiger partial charge in [-0.25, -0.2) is 9.97 Å². The number of anilines is 1. The number of amides is 2. The maximum absolute atomic E-state index is 13.1. The molecule has 7 nitrogen and oxygen atoms in total. The number of carbonyl (C=O) groups excluding carboxylic acids is 2. The summed E-state index contributed by atoms with van der Waals surface area (Å²) < 4.78 is 0. The number of allylic oxidation sites excluding steroid dienone is 4. The highest BCUT2D eigenvalue weighted by Crippen LogP contribution is 2.58. The summed E-state index contributed by atoms with van der Waals surface area (Å²) in [6.07, 6.45) is 14.4. The standard InChI is InChI=1S/C24H29N5O2/c30-22-20-18-6-7-19(17-5-4-16(17)18)21(20)23(31)29(22)11-2-1-10-27-12-14-28(15-13-27)24-25-8-3-9-26-24/h3-9,16-21H,1-2,10-15H2. The Bertz CT molecular complexity index is 883. The molecule has 2 saturated heterocycles. The number of likely N-dealkylation sites (tertiary alicyclic amines) is 1. The van der Waals surface area contributed by atoms with Crippen molar-refractivity contribution in [3.8, 4) is 0 Å². The molecule has 3 heterocycles. The summed E-state index contributed by atoms with van der Waals surface area (Å²) in [6.45, 7) is 5.44. The summed E-state index contributed by atoms with van der Waals surface area (Å²) in [6, 6.07) is 1.84. The van der Waals surface area contributed by atoms with Gasteiger partial charge in [-0.05, 0) is 49.1 Å². The minimum atomic E-state index is -0.109. The van der Waals surface area contributed by atoms with E-state index in [0.717, 1.165) is 51.5 Å². The average molecular weight is 420 g/mol. The predicted molar refractivity (Wildman–Crippen MR) is 116 cm³/mol. The number of carbonyl (C=O) groups is 2. The molecule has 2 bridgehead atoms. The molecule has 4 aliphatic carbocycles. The third-order valence-corrected chi connectivity index (χ3v) is 8.08. The van der Waals surface area contributed by atoms with Gasteiger partial charge in [-0.3, -0.25) is 19.4 Å². The summed E-state index contributed by atoms with van der Waals surface area (Å²) in [5, 5.41) is 0. The molecule has 0 spiro atoms. The van der Waals surface area contributed by atoms with Gasteiger partial charge >= 0.3 is 0 Å². The molecule has 3 fully saturated rings. The molecule has 1 saturated carbocycles. The monoisotopic (exact) mass is 419 g/mol. The van der Waals surface area contributed by atoms with E-state index in [1.165, 1.54) is 0 Å². The summed E-state index contributed by atoms with van der Waals surface area (Å²) in [5.41, 5.74) is 0. The zero-order valence-electron chi connectivity index (χ0n) is 17.7. The van der Waals surface area contributed by atoms with Gasteiger partial charge in [0.05, 0.1) is 11.8 Å². The van der Waals surface area contributed by atoms with Crippen molar-refractivity contribution in [2.45, 2.75) is 12.8 Å². The van der Waals surface area contributed by atoms with Crippen molar-refractivity contribution in [1.82, 2.24) is 19.8 Å². The molecule has 7 rings (SSSR count). The molecule has 1 aromatic rings. The number of hydrogen-bond donors (Lipinski definition) is 0. The van der Waals surface area contributed by atoms with Crippen LogP contribution in [-0.2, 0) is 9.59 Å². The highest BCUT2D eigenvalue weighted by molar-refractivity contribution is 6.06. The van der Waals surface area contributed by atoms with Crippen LogP contribution in [0.3, 0.4) is 0 Å². The molecule has 2 amide bonds. The number of imide groups is 1. The number of piperazine rings is 1. The van der Waals surface area contributed by atoms with Crippen LogP contribution < -0.4 is 4.90 Å². The van der Waals surface area contributed by atoms with Gasteiger partial charge in [0, 0.05) is 45.1 Å². The van der Waals surface area contributed by atoms with E-state index >= 15 is 0 Å². The number of nitrogens with zero attached hydrogens (tertiary/aromatic N) is 5. The quantitative estimate of drug-likeness (QED) is 0.396. The molecule has 0 radical (unpaired) electrons. The number of unbranched alkanes of at least 4 members (excludes halogenated alkanes) is 1. The van der Waals surface area contributed by atoms with Gasteiger partial charge in [0.15, 0.2) is 0 Å². The van der Waals surface area contributed by atoms with Crippen LogP contribution in [0, 0.1) is 35.5 Å². The van der Waals surface area contributed by atoms with E-state index in [-0.39, 0.29) is 35.5 Å². The van der Waals surface area contributed by atoms with E-state index < -0.39 is 0 Å². The molecular formula is C24H29N5O2. The SMILES string of the molecule is O=C1C2C3C=CC(C4C=CC43)C2C(=O)N1CCCCN1CCN(c2ncccn2)CC1. The van der Waals surface area contributed by atoms with Crippen molar-refractivity contribution >= 4 is 17.8 Å². The van der Waals surface area contributed by atoms with Crippen LogP contribution in [0.2, 0.25) is 0 Å². The summed E-state index contributed by atoms with van der Waals surface area (Å²) in [7, 11) is 0. The van der Waals surface area contributed by atoms with Crippen molar-refractivity contribution in [1.29, 1.82) is 0 Å². The Morgan fingerprint density at radius 3 is 1.87 bits per heavy atom. The third kappa shape index (κ3) is 3.04. The Labute approximate surface area is 182 Å². The molecule has 0 N–H and O–H groups in total. The average Bonchev–Trinajstić information content (AvgIpc) is 3.04. The number of rotatable bonds is 6. The molecular weight excluding hydrogens is 390 g/mol. The summed E-state index contributed by atoms with van der Waals surface area (Å²) in [5.74, 6) is 2.19. The summed E-state index contributed by atoms with van der Waals surface area (Å²) in [4.78, 5) is 41.2. The van der Waals surface area contributed by atoms with Crippen molar-refractivity contribution in [2.75, 3.05) is 44.2 Å². The van der Waals surface area contributed by atoms with Gasteiger partial charge in [0.1, 0.15) is 0 Å². The minimum Gasteiger partial charge on any atom is -0.338 e. The van der Waals surface area contributed by atoms with Crippen LogP contribution in [0.5, 0.6) is 0 Å². The Morgan fingerprint density at radius 1 is 0.742 bits per heavy atom. The normalized spacial score (nSPS) is 36.0. The Hall–Kier alpha value is -2.54. The number of aromatic nitrogens is 2. The van der Waals surface area contributed by atoms with Crippen molar-refractivity contribution in [2.24, 2.45) is 35.5 Å². The van der Waals surface area contributed by atoms with Gasteiger partial charge in [-0.2, -0.15) is 0 Å². The van der Waals surface area contributed by atoms with Gasteiger partial charge in [0.2, 0.25) is 17.8 Å². The molecule has 6 aliphatic rings. The second kappa shape index (κ2) is 7.55. The zero-order chi connectivity index (χ0) is 20.9. The van der Waals surface area contributed by atoms with Crippen LogP contribution in [-0.4, -0.2) is 70.9 Å². The Kier molecular flexibility index (Phi) is 4.67. The topological polar surface area (TPSA) is 69.6 Å². The van der Waals surface area contributed by atoms with E-state index in [2.05, 4.69) is 44.1 Å². The van der Waals surface area contributed by atoms with Gasteiger partial charge < -0.3 is 4.90 Å². The van der Waals surface area contributed by atoms with E-state index in [9.17, 15) is 9.59 Å². The lowest BCUT2D eigenvalue weighted by Gasteiger charge is -2.51. The molecule has 0 aromatic carbocycles. The lowest BCUT2D eigenvalue weighted by atomic mass is 9.50. The fourth-order valence-electron chi connectivity index (χ4n) is 6.40. The molecule has 2 aliphatic heterocycles. The van der Waals surface area contributed by atoms with Crippen molar-refractivity contribution in [3.63, 3.8) is 0 Å². The molecule has 7 heteroatoms. The maximum Gasteiger partial charge on any atom is 0.233 e. The fraction of sp³-hybridized carbons (Fsp3) is 0.583. The fourth-order valence-corrected chi connectivity index (χ4v) is 6.40. The lowest BCUT2D eigenvalue weighted by Crippen LogP contribution is -2.50. The van der Waals surface area contributed by atoms with E-state index in [1.807, 2.05) is 6.07 Å². The second-order valence-corrected chi connectivity index (χ2v) is 9.54. The van der Waals surface area contributed by atoms with E-state index in [1.54, 1.807) is 17.3 Å². The van der Waals surface area contributed by atoms with E-state index in [4.69, 9.17) is 0 Å². The summed E-state index contributed by atoms with van der Waals surface area (Å²) >= 11 is 0. The van der Waals surface area contributed by atoms with Crippen molar-refractivity contribution < 1.29 is 9.59 Å². The molecule has 162 valence electrons. The molecule has 1 aromatic heterocycles. The van der Waals surface area contributed by atoms with Crippen molar-refractivity contribution in [3.05, 3.63) is 42.8 Å². The van der Waals surface area contributed by atoms with Crippen LogP contribution in [0.15, 0.2) is 42.8 Å². The molecule has 6 atom stereocenters. The minimum absolute atomic E-state index is 0.0876. The first-order chi connectivity index (χ1) is 15.2. The van der Waals surface area contributed by atoms with E-state index in [0.29, 0.717) is 18.4 Å². The molecule has 6 unspecified atom stereocenters. The maximum atomic E-state index is 13.1. The lowest BCUT2D eigenvalue weighted by molar-refractivity contribution is -0.140. The second-order valence-electron chi connectivity index (χ2n) is 9.54. The third-order valence-electron chi connectivity index (χ3n) is 8.08. The first-order valence-electron chi connectivity index (χ1n) is 11.7. The van der Waals surface area contributed by atoms with Crippen LogP contribution in [0.25, 0.3) is 0 Å². The smallest absolute Gasteiger partial charge is 0.233 e. The van der Waals surface area contributed by atoms with Gasteiger partial charge in [-0.1, -0.05) is 24.3 Å². The number of hydrogen-bond acceptors (Lipinski definition) is 6.